The minimum Gasteiger partial charge on any atom is -0.491 e. The van der Waals surface area contributed by atoms with E-state index in [1.807, 2.05) is 42.5 Å². The second-order valence-electron chi connectivity index (χ2n) is 5.14. The van der Waals surface area contributed by atoms with Gasteiger partial charge < -0.3 is 20.5 Å². The zero-order valence-corrected chi connectivity index (χ0v) is 13.2. The van der Waals surface area contributed by atoms with E-state index in [0.717, 1.165) is 11.3 Å². The summed E-state index contributed by atoms with van der Waals surface area (Å²) in [5, 5.41) is 2.84. The van der Waals surface area contributed by atoms with Gasteiger partial charge in [0.2, 0.25) is 5.91 Å². The van der Waals surface area contributed by atoms with Gasteiger partial charge >= 0.3 is 0 Å². The number of carbonyl (C=O) groups is 1. The lowest BCUT2D eigenvalue weighted by molar-refractivity contribution is -0.116. The first-order valence-electron chi connectivity index (χ1n) is 7.51. The van der Waals surface area contributed by atoms with Gasteiger partial charge in [-0.05, 0) is 29.8 Å². The summed E-state index contributed by atoms with van der Waals surface area (Å²) in [4.78, 5) is 12.1. The van der Waals surface area contributed by atoms with Crippen LogP contribution in [0.4, 0.5) is 5.69 Å². The number of rotatable bonds is 8. The molecule has 0 saturated heterocycles. The average molecular weight is 314 g/mol. The van der Waals surface area contributed by atoms with Crippen LogP contribution in [-0.2, 0) is 9.53 Å². The molecule has 2 rings (SSSR count). The summed E-state index contributed by atoms with van der Waals surface area (Å²) < 4.78 is 10.4. The van der Waals surface area contributed by atoms with Crippen LogP contribution < -0.4 is 15.8 Å². The molecule has 122 valence electrons. The van der Waals surface area contributed by atoms with Crippen molar-refractivity contribution in [3.63, 3.8) is 0 Å². The lowest BCUT2D eigenvalue weighted by atomic mass is 10.0. The molecular weight excluding hydrogens is 292 g/mol. The number of ether oxygens (including phenoxy) is 2. The summed E-state index contributed by atoms with van der Waals surface area (Å²) in [7, 11) is 1.63. The molecule has 1 amide bonds. The van der Waals surface area contributed by atoms with Crippen molar-refractivity contribution in [1.82, 2.24) is 0 Å². The molecule has 1 unspecified atom stereocenters. The fourth-order valence-electron chi connectivity index (χ4n) is 2.11. The van der Waals surface area contributed by atoms with Gasteiger partial charge in [0, 0.05) is 25.3 Å². The maximum atomic E-state index is 12.1. The second kappa shape index (κ2) is 8.92. The molecular formula is C18H22N2O3. The van der Waals surface area contributed by atoms with Crippen LogP contribution in [0.2, 0.25) is 0 Å². The molecule has 0 aliphatic carbocycles. The number of methoxy groups -OCH3 is 1. The standard InChI is InChI=1S/C18H22N2O3/c1-22-11-12-23-16-9-7-15(8-10-16)20-18(21)13-17(19)14-5-3-2-4-6-14/h2-10,17H,11-13,19H2,1H3,(H,20,21). The number of amides is 1. The number of carbonyl (C=O) groups excluding carboxylic acids is 1. The minimum absolute atomic E-state index is 0.116. The summed E-state index contributed by atoms with van der Waals surface area (Å²) in [5.41, 5.74) is 7.71. The highest BCUT2D eigenvalue weighted by Gasteiger charge is 2.11. The van der Waals surface area contributed by atoms with Crippen molar-refractivity contribution in [2.45, 2.75) is 12.5 Å². The molecule has 0 bridgehead atoms. The van der Waals surface area contributed by atoms with Crippen molar-refractivity contribution >= 4 is 11.6 Å². The molecule has 0 radical (unpaired) electrons. The van der Waals surface area contributed by atoms with Crippen molar-refractivity contribution < 1.29 is 14.3 Å². The van der Waals surface area contributed by atoms with E-state index < -0.39 is 0 Å². The number of benzene rings is 2. The molecule has 5 heteroatoms. The fraction of sp³-hybridized carbons (Fsp3) is 0.278. The largest absolute Gasteiger partial charge is 0.491 e. The predicted octanol–water partition coefficient (Wildman–Crippen LogP) is 2.74. The lowest BCUT2D eigenvalue weighted by Gasteiger charge is -2.12. The molecule has 23 heavy (non-hydrogen) atoms. The molecule has 0 aliphatic heterocycles. The topological polar surface area (TPSA) is 73.6 Å². The van der Waals surface area contributed by atoms with E-state index in [0.29, 0.717) is 18.9 Å². The van der Waals surface area contributed by atoms with Crippen molar-refractivity contribution in [2.24, 2.45) is 5.73 Å². The van der Waals surface area contributed by atoms with E-state index in [4.69, 9.17) is 15.2 Å². The van der Waals surface area contributed by atoms with Crippen LogP contribution in [0.1, 0.15) is 18.0 Å². The van der Waals surface area contributed by atoms with Crippen LogP contribution in [0.15, 0.2) is 54.6 Å². The van der Waals surface area contributed by atoms with Crippen LogP contribution in [-0.4, -0.2) is 26.2 Å². The number of anilines is 1. The Labute approximate surface area is 136 Å². The zero-order chi connectivity index (χ0) is 16.5. The maximum absolute atomic E-state index is 12.1. The van der Waals surface area contributed by atoms with Gasteiger partial charge in [0.1, 0.15) is 12.4 Å². The summed E-state index contributed by atoms with van der Waals surface area (Å²) in [6.07, 6.45) is 0.232. The third-order valence-electron chi connectivity index (χ3n) is 3.33. The van der Waals surface area contributed by atoms with E-state index in [1.165, 1.54) is 0 Å². The Bertz CT molecular complexity index is 599. The SMILES string of the molecule is COCCOc1ccc(NC(=O)CC(N)c2ccccc2)cc1. The average Bonchev–Trinajstić information content (AvgIpc) is 2.57. The minimum atomic E-state index is -0.312. The van der Waals surface area contributed by atoms with Crippen LogP contribution in [0, 0.1) is 0 Å². The second-order valence-corrected chi connectivity index (χ2v) is 5.14. The molecule has 0 spiro atoms. The van der Waals surface area contributed by atoms with Crippen molar-refractivity contribution in [2.75, 3.05) is 25.6 Å². The molecule has 0 aromatic heterocycles. The Morgan fingerprint density at radius 1 is 1.09 bits per heavy atom. The van der Waals surface area contributed by atoms with E-state index >= 15 is 0 Å². The van der Waals surface area contributed by atoms with Gasteiger partial charge in [-0.15, -0.1) is 0 Å². The first-order valence-corrected chi connectivity index (χ1v) is 7.51. The van der Waals surface area contributed by atoms with Gasteiger partial charge in [-0.1, -0.05) is 30.3 Å². The van der Waals surface area contributed by atoms with Gasteiger partial charge in [-0.3, -0.25) is 4.79 Å². The van der Waals surface area contributed by atoms with Crippen LogP contribution in [0.25, 0.3) is 0 Å². The van der Waals surface area contributed by atoms with Crippen molar-refractivity contribution in [1.29, 1.82) is 0 Å². The van der Waals surface area contributed by atoms with Gasteiger partial charge in [0.05, 0.1) is 6.61 Å². The van der Waals surface area contributed by atoms with E-state index in [2.05, 4.69) is 5.32 Å². The highest BCUT2D eigenvalue weighted by Crippen LogP contribution is 2.18. The summed E-state index contributed by atoms with van der Waals surface area (Å²) in [6, 6.07) is 16.5. The summed E-state index contributed by atoms with van der Waals surface area (Å²) >= 11 is 0. The lowest BCUT2D eigenvalue weighted by Crippen LogP contribution is -2.20. The Hall–Kier alpha value is -2.37. The molecule has 2 aromatic carbocycles. The first kappa shape index (κ1) is 17.0. The van der Waals surface area contributed by atoms with Crippen LogP contribution in [0.5, 0.6) is 5.75 Å². The smallest absolute Gasteiger partial charge is 0.226 e. The summed E-state index contributed by atoms with van der Waals surface area (Å²) in [6.45, 7) is 1.03. The third-order valence-corrected chi connectivity index (χ3v) is 3.33. The Morgan fingerprint density at radius 3 is 2.43 bits per heavy atom. The molecule has 5 nitrogen and oxygen atoms in total. The van der Waals surface area contributed by atoms with Crippen LogP contribution >= 0.6 is 0 Å². The van der Waals surface area contributed by atoms with Gasteiger partial charge in [0.15, 0.2) is 0 Å². The monoisotopic (exact) mass is 314 g/mol. The predicted molar refractivity (Wildman–Crippen MR) is 90.4 cm³/mol. The number of hydrogen-bond acceptors (Lipinski definition) is 4. The van der Waals surface area contributed by atoms with Crippen molar-refractivity contribution in [3.8, 4) is 5.75 Å². The zero-order valence-electron chi connectivity index (χ0n) is 13.2. The molecule has 0 aliphatic rings. The number of hydrogen-bond donors (Lipinski definition) is 2. The first-order chi connectivity index (χ1) is 11.2. The van der Waals surface area contributed by atoms with E-state index in [1.54, 1.807) is 19.2 Å². The van der Waals surface area contributed by atoms with E-state index in [9.17, 15) is 4.79 Å². The van der Waals surface area contributed by atoms with Gasteiger partial charge in [-0.25, -0.2) is 0 Å². The Kier molecular flexibility index (Phi) is 6.59. The molecule has 1 atom stereocenters. The molecule has 0 saturated carbocycles. The van der Waals surface area contributed by atoms with E-state index in [-0.39, 0.29) is 18.4 Å². The van der Waals surface area contributed by atoms with Gasteiger partial charge in [-0.2, -0.15) is 0 Å². The number of nitrogens with two attached hydrogens (primary N) is 1. The highest BCUT2D eigenvalue weighted by molar-refractivity contribution is 5.91. The molecule has 0 heterocycles. The summed E-state index contributed by atoms with van der Waals surface area (Å²) in [5.74, 6) is 0.621. The van der Waals surface area contributed by atoms with Gasteiger partial charge in [0.25, 0.3) is 0 Å². The Balaban J connectivity index is 1.83. The molecule has 3 N–H and O–H groups in total. The highest BCUT2D eigenvalue weighted by atomic mass is 16.5. The maximum Gasteiger partial charge on any atom is 0.226 e. The normalized spacial score (nSPS) is 11.7. The third kappa shape index (κ3) is 5.73. The molecule has 0 fully saturated rings. The Morgan fingerprint density at radius 2 is 1.78 bits per heavy atom. The molecule has 2 aromatic rings. The van der Waals surface area contributed by atoms with Crippen molar-refractivity contribution in [3.05, 3.63) is 60.2 Å². The van der Waals surface area contributed by atoms with Crippen LogP contribution in [0.3, 0.4) is 0 Å². The fourth-order valence-corrected chi connectivity index (χ4v) is 2.11. The quantitative estimate of drug-likeness (QED) is 0.735. The number of nitrogens with one attached hydrogen (secondary N) is 1.